The van der Waals surface area contributed by atoms with Crippen LogP contribution in [0.25, 0.3) is 0 Å². The first-order valence-electron chi connectivity index (χ1n) is 3.10. The zero-order valence-electron chi connectivity index (χ0n) is 6.31. The molecule has 0 radical (unpaired) electrons. The van der Waals surface area contributed by atoms with Crippen LogP contribution in [0.15, 0.2) is 0 Å². The van der Waals surface area contributed by atoms with Gasteiger partial charge in [-0.3, -0.25) is 4.90 Å². The molecule has 11 heavy (non-hydrogen) atoms. The van der Waals surface area contributed by atoms with E-state index in [1.807, 2.05) is 0 Å². The maximum Gasteiger partial charge on any atom is 0.406 e. The van der Waals surface area contributed by atoms with Crippen molar-refractivity contribution in [1.29, 1.82) is 5.26 Å². The van der Waals surface area contributed by atoms with E-state index in [1.54, 1.807) is 0 Å². The van der Waals surface area contributed by atoms with E-state index in [2.05, 4.69) is 0 Å². The summed E-state index contributed by atoms with van der Waals surface area (Å²) in [6.45, 7) is 1.91. The minimum Gasteiger partial charge on any atom is -0.299 e. The standard InChI is InChI=1S/C6H9F3N2/c1-5(2)11(4-10)3-6(7,8)9/h5H,3H2,1-2H3. The lowest BCUT2D eigenvalue weighted by Crippen LogP contribution is -2.35. The number of nitriles is 1. The lowest BCUT2D eigenvalue weighted by Gasteiger charge is -2.20. The maximum absolute atomic E-state index is 11.7. The van der Waals surface area contributed by atoms with Crippen LogP contribution in [0, 0.1) is 11.5 Å². The van der Waals surface area contributed by atoms with E-state index in [9.17, 15) is 13.2 Å². The van der Waals surface area contributed by atoms with Gasteiger partial charge in [0.25, 0.3) is 0 Å². The Bertz CT molecular complexity index is 156. The van der Waals surface area contributed by atoms with Gasteiger partial charge in [0.2, 0.25) is 0 Å². The van der Waals surface area contributed by atoms with Crippen molar-refractivity contribution in [3.05, 3.63) is 0 Å². The molecular weight excluding hydrogens is 157 g/mol. The van der Waals surface area contributed by atoms with Gasteiger partial charge in [-0.1, -0.05) is 0 Å². The van der Waals surface area contributed by atoms with Crippen molar-refractivity contribution in [2.75, 3.05) is 6.54 Å². The first kappa shape index (κ1) is 10.1. The summed E-state index contributed by atoms with van der Waals surface area (Å²) in [4.78, 5) is 0.681. The lowest BCUT2D eigenvalue weighted by molar-refractivity contribution is -0.142. The van der Waals surface area contributed by atoms with Gasteiger partial charge in [0.1, 0.15) is 6.54 Å². The fourth-order valence-corrected chi connectivity index (χ4v) is 0.527. The molecule has 0 unspecified atom stereocenters. The Morgan fingerprint density at radius 2 is 1.91 bits per heavy atom. The third kappa shape index (κ3) is 4.48. The Morgan fingerprint density at radius 1 is 1.45 bits per heavy atom. The van der Waals surface area contributed by atoms with Crippen molar-refractivity contribution in [3.8, 4) is 6.19 Å². The Labute approximate surface area is 63.2 Å². The molecule has 0 aliphatic carbocycles. The predicted octanol–water partition coefficient (Wildman–Crippen LogP) is 1.74. The van der Waals surface area contributed by atoms with Gasteiger partial charge in [0, 0.05) is 6.04 Å². The third-order valence-corrected chi connectivity index (χ3v) is 1.10. The molecular formula is C6H9F3N2. The fraction of sp³-hybridized carbons (Fsp3) is 0.833. The van der Waals surface area contributed by atoms with Crippen LogP contribution < -0.4 is 0 Å². The number of halogens is 3. The highest BCUT2D eigenvalue weighted by Crippen LogP contribution is 2.16. The maximum atomic E-state index is 11.7. The molecule has 0 aliphatic rings. The van der Waals surface area contributed by atoms with Gasteiger partial charge in [-0.15, -0.1) is 0 Å². The number of hydrogen-bond acceptors (Lipinski definition) is 2. The van der Waals surface area contributed by atoms with E-state index in [4.69, 9.17) is 5.26 Å². The smallest absolute Gasteiger partial charge is 0.299 e. The average Bonchev–Trinajstić information content (AvgIpc) is 1.80. The highest BCUT2D eigenvalue weighted by molar-refractivity contribution is 4.79. The zero-order chi connectivity index (χ0) is 9.07. The van der Waals surface area contributed by atoms with Gasteiger partial charge >= 0.3 is 6.18 Å². The molecule has 0 saturated carbocycles. The molecule has 0 fully saturated rings. The predicted molar refractivity (Wildman–Crippen MR) is 33.5 cm³/mol. The zero-order valence-corrected chi connectivity index (χ0v) is 6.31. The van der Waals surface area contributed by atoms with E-state index in [-0.39, 0.29) is 0 Å². The summed E-state index contributed by atoms with van der Waals surface area (Å²) < 4.78 is 35.0. The quantitative estimate of drug-likeness (QED) is 0.461. The van der Waals surface area contributed by atoms with Crippen molar-refractivity contribution in [1.82, 2.24) is 4.90 Å². The van der Waals surface area contributed by atoms with Gasteiger partial charge in [-0.05, 0) is 13.8 Å². The van der Waals surface area contributed by atoms with Crippen molar-refractivity contribution in [2.24, 2.45) is 0 Å². The highest BCUT2D eigenvalue weighted by atomic mass is 19.4. The van der Waals surface area contributed by atoms with Gasteiger partial charge in [-0.25, -0.2) is 0 Å². The second-order valence-corrected chi connectivity index (χ2v) is 2.44. The van der Waals surface area contributed by atoms with Crippen LogP contribution in [-0.2, 0) is 0 Å². The van der Waals surface area contributed by atoms with E-state index in [1.165, 1.54) is 20.0 Å². The normalized spacial score (nSPS) is 11.4. The molecule has 0 saturated heterocycles. The van der Waals surface area contributed by atoms with Crippen molar-refractivity contribution in [2.45, 2.75) is 26.1 Å². The van der Waals surface area contributed by atoms with Crippen LogP contribution in [0.3, 0.4) is 0 Å². The summed E-state index contributed by atoms with van der Waals surface area (Å²) in [5.41, 5.74) is 0. The molecule has 0 N–H and O–H groups in total. The Hall–Kier alpha value is -0.920. The summed E-state index contributed by atoms with van der Waals surface area (Å²) in [6, 6.07) is -0.401. The van der Waals surface area contributed by atoms with Crippen molar-refractivity contribution in [3.63, 3.8) is 0 Å². The summed E-state index contributed by atoms with van der Waals surface area (Å²) in [6.07, 6.45) is -2.82. The monoisotopic (exact) mass is 166 g/mol. The topological polar surface area (TPSA) is 27.0 Å². The lowest BCUT2D eigenvalue weighted by atomic mass is 10.3. The molecule has 0 spiro atoms. The van der Waals surface area contributed by atoms with Crippen LogP contribution in [-0.4, -0.2) is 23.7 Å². The second kappa shape index (κ2) is 3.46. The van der Waals surface area contributed by atoms with Crippen LogP contribution in [0.1, 0.15) is 13.8 Å². The molecule has 2 nitrogen and oxygen atoms in total. The first-order valence-corrected chi connectivity index (χ1v) is 3.10. The van der Waals surface area contributed by atoms with Crippen molar-refractivity contribution >= 4 is 0 Å². The molecule has 0 atom stereocenters. The molecule has 64 valence electrons. The minimum absolute atomic E-state index is 0.401. The Morgan fingerprint density at radius 3 is 2.00 bits per heavy atom. The summed E-state index contributed by atoms with van der Waals surface area (Å²) in [5, 5.41) is 8.24. The molecule has 0 amide bonds. The third-order valence-electron chi connectivity index (χ3n) is 1.10. The van der Waals surface area contributed by atoms with E-state index in [0.717, 1.165) is 0 Å². The van der Waals surface area contributed by atoms with Gasteiger partial charge in [0.15, 0.2) is 6.19 Å². The molecule has 0 bridgehead atoms. The Balaban J connectivity index is 4.02. The van der Waals surface area contributed by atoms with Crippen LogP contribution in [0.5, 0.6) is 0 Å². The Kier molecular flexibility index (Phi) is 3.18. The molecule has 0 rings (SSSR count). The number of alkyl halides is 3. The molecule has 0 aromatic rings. The molecule has 0 aliphatic heterocycles. The number of hydrogen-bond donors (Lipinski definition) is 0. The molecule has 0 heterocycles. The van der Waals surface area contributed by atoms with Crippen LogP contribution in [0.2, 0.25) is 0 Å². The molecule has 0 aromatic carbocycles. The largest absolute Gasteiger partial charge is 0.406 e. The van der Waals surface area contributed by atoms with E-state index >= 15 is 0 Å². The fourth-order valence-electron chi connectivity index (χ4n) is 0.527. The molecule has 5 heteroatoms. The molecule has 0 aromatic heterocycles. The summed E-state index contributed by atoms with van der Waals surface area (Å²) in [5.74, 6) is 0. The van der Waals surface area contributed by atoms with E-state index in [0.29, 0.717) is 4.90 Å². The van der Waals surface area contributed by atoms with Gasteiger partial charge in [-0.2, -0.15) is 18.4 Å². The van der Waals surface area contributed by atoms with Gasteiger partial charge < -0.3 is 0 Å². The summed E-state index contributed by atoms with van der Waals surface area (Å²) >= 11 is 0. The number of nitrogens with zero attached hydrogens (tertiary/aromatic N) is 2. The summed E-state index contributed by atoms with van der Waals surface area (Å²) in [7, 11) is 0. The van der Waals surface area contributed by atoms with Crippen LogP contribution >= 0.6 is 0 Å². The van der Waals surface area contributed by atoms with Gasteiger partial charge in [0.05, 0.1) is 0 Å². The van der Waals surface area contributed by atoms with E-state index < -0.39 is 18.8 Å². The minimum atomic E-state index is -4.29. The highest BCUT2D eigenvalue weighted by Gasteiger charge is 2.31. The first-order chi connectivity index (χ1) is 4.87. The van der Waals surface area contributed by atoms with Crippen molar-refractivity contribution < 1.29 is 13.2 Å². The SMILES string of the molecule is CC(C)N(C#N)CC(F)(F)F. The van der Waals surface area contributed by atoms with Crippen LogP contribution in [0.4, 0.5) is 13.2 Å². The second-order valence-electron chi connectivity index (χ2n) is 2.44. The number of rotatable bonds is 2. The average molecular weight is 166 g/mol.